The molecule has 2 fully saturated rings. The van der Waals surface area contributed by atoms with E-state index in [-0.39, 0.29) is 12.1 Å². The molecule has 130 valence electrons. The highest BCUT2D eigenvalue weighted by molar-refractivity contribution is 5.96. The average Bonchev–Trinajstić information content (AvgIpc) is 2.77. The quantitative estimate of drug-likeness (QED) is 0.854. The van der Waals surface area contributed by atoms with Gasteiger partial charge in [0, 0.05) is 19.5 Å². The summed E-state index contributed by atoms with van der Waals surface area (Å²) in [4.78, 5) is 25.3. The monoisotopic (exact) mass is 342 g/mol. The number of rotatable bonds is 1. The molecule has 2 heterocycles. The molecule has 2 aliphatic heterocycles. The molecule has 0 aromatic heterocycles. The Balaban J connectivity index is 1.78. The molecular weight excluding hydrogens is 325 g/mol. The standard InChI is InChI=1S/C16H17F3N2O3/c17-16(18,19)12-5-2-1-4-11(12)13(22)21-8-3-6-15(7-9-21)10-20-14(23)24-15/h1-2,4-5H,3,6-10H2,(H,20,23). The van der Waals surface area contributed by atoms with Crippen molar-refractivity contribution in [3.05, 3.63) is 35.4 Å². The Morgan fingerprint density at radius 2 is 1.96 bits per heavy atom. The van der Waals surface area contributed by atoms with Crippen molar-refractivity contribution in [2.45, 2.75) is 31.0 Å². The van der Waals surface area contributed by atoms with Crippen LogP contribution in [0.4, 0.5) is 18.0 Å². The van der Waals surface area contributed by atoms with Gasteiger partial charge in [-0.2, -0.15) is 13.2 Å². The fourth-order valence-electron chi connectivity index (χ4n) is 3.24. The predicted molar refractivity (Wildman–Crippen MR) is 78.4 cm³/mol. The minimum atomic E-state index is -4.58. The van der Waals surface area contributed by atoms with Gasteiger partial charge in [-0.25, -0.2) is 4.79 Å². The van der Waals surface area contributed by atoms with Crippen molar-refractivity contribution in [2.24, 2.45) is 0 Å². The first-order valence-electron chi connectivity index (χ1n) is 7.73. The Morgan fingerprint density at radius 3 is 2.62 bits per heavy atom. The van der Waals surface area contributed by atoms with Gasteiger partial charge in [0.2, 0.25) is 0 Å². The number of alkyl halides is 3. The maximum atomic E-state index is 13.1. The van der Waals surface area contributed by atoms with Crippen LogP contribution in [0.5, 0.6) is 0 Å². The molecule has 1 atom stereocenters. The highest BCUT2D eigenvalue weighted by atomic mass is 19.4. The first-order chi connectivity index (χ1) is 11.3. The molecule has 1 spiro atoms. The molecule has 5 nitrogen and oxygen atoms in total. The van der Waals surface area contributed by atoms with Crippen LogP contribution in [0.2, 0.25) is 0 Å². The van der Waals surface area contributed by atoms with Gasteiger partial charge in [0.05, 0.1) is 17.7 Å². The van der Waals surface area contributed by atoms with Crippen LogP contribution in [0.1, 0.15) is 35.2 Å². The van der Waals surface area contributed by atoms with Gasteiger partial charge >= 0.3 is 12.3 Å². The van der Waals surface area contributed by atoms with Crippen LogP contribution >= 0.6 is 0 Å². The van der Waals surface area contributed by atoms with Gasteiger partial charge in [0.1, 0.15) is 5.60 Å². The molecule has 8 heteroatoms. The van der Waals surface area contributed by atoms with Crippen LogP contribution in [-0.2, 0) is 10.9 Å². The number of hydrogen-bond donors (Lipinski definition) is 1. The minimum Gasteiger partial charge on any atom is -0.441 e. The third-order valence-corrected chi connectivity index (χ3v) is 4.51. The third kappa shape index (κ3) is 3.18. The summed E-state index contributed by atoms with van der Waals surface area (Å²) in [6.45, 7) is 0.956. The van der Waals surface area contributed by atoms with E-state index in [1.807, 2.05) is 0 Å². The topological polar surface area (TPSA) is 58.6 Å². The Bertz CT molecular complexity index is 662. The zero-order valence-corrected chi connectivity index (χ0v) is 12.9. The molecule has 0 saturated carbocycles. The molecule has 0 bridgehead atoms. The molecule has 1 aromatic rings. The lowest BCUT2D eigenvalue weighted by Gasteiger charge is -2.25. The summed E-state index contributed by atoms with van der Waals surface area (Å²) >= 11 is 0. The number of likely N-dealkylation sites (tertiary alicyclic amines) is 1. The molecule has 24 heavy (non-hydrogen) atoms. The highest BCUT2D eigenvalue weighted by Crippen LogP contribution is 2.34. The van der Waals surface area contributed by atoms with Gasteiger partial charge in [-0.3, -0.25) is 4.79 Å². The summed E-state index contributed by atoms with van der Waals surface area (Å²) in [5, 5.41) is 2.60. The van der Waals surface area contributed by atoms with E-state index in [9.17, 15) is 22.8 Å². The lowest BCUT2D eigenvalue weighted by atomic mass is 9.95. The van der Waals surface area contributed by atoms with E-state index >= 15 is 0 Å². The molecule has 2 saturated heterocycles. The van der Waals surface area contributed by atoms with Crippen LogP contribution in [0.3, 0.4) is 0 Å². The Morgan fingerprint density at radius 1 is 1.21 bits per heavy atom. The smallest absolute Gasteiger partial charge is 0.417 e. The molecule has 3 rings (SSSR count). The second-order valence-electron chi connectivity index (χ2n) is 6.12. The number of benzene rings is 1. The Labute approximate surface area is 136 Å². The molecule has 0 aliphatic carbocycles. The van der Waals surface area contributed by atoms with Crippen molar-refractivity contribution in [3.63, 3.8) is 0 Å². The lowest BCUT2D eigenvalue weighted by Crippen LogP contribution is -2.37. The molecule has 1 unspecified atom stereocenters. The van der Waals surface area contributed by atoms with E-state index < -0.39 is 29.3 Å². The van der Waals surface area contributed by atoms with Crippen molar-refractivity contribution in [1.29, 1.82) is 0 Å². The summed E-state index contributed by atoms with van der Waals surface area (Å²) < 4.78 is 44.6. The summed E-state index contributed by atoms with van der Waals surface area (Å²) in [7, 11) is 0. The van der Waals surface area contributed by atoms with Crippen molar-refractivity contribution >= 4 is 12.0 Å². The maximum absolute atomic E-state index is 13.1. The average molecular weight is 342 g/mol. The van der Waals surface area contributed by atoms with Crippen molar-refractivity contribution in [3.8, 4) is 0 Å². The summed E-state index contributed by atoms with van der Waals surface area (Å²) in [6.07, 6.45) is -3.52. The fourth-order valence-corrected chi connectivity index (χ4v) is 3.24. The van der Waals surface area contributed by atoms with Crippen LogP contribution < -0.4 is 5.32 Å². The van der Waals surface area contributed by atoms with Crippen molar-refractivity contribution in [2.75, 3.05) is 19.6 Å². The summed E-state index contributed by atoms with van der Waals surface area (Å²) in [6, 6.07) is 4.79. The van der Waals surface area contributed by atoms with E-state index in [1.165, 1.54) is 23.1 Å². The number of carbonyl (C=O) groups excluding carboxylic acids is 2. The first-order valence-corrected chi connectivity index (χ1v) is 7.73. The van der Waals surface area contributed by atoms with Gasteiger partial charge in [0.15, 0.2) is 0 Å². The number of amides is 2. The SMILES string of the molecule is O=C1NCC2(CCCN(C(=O)c3ccccc3C(F)(F)F)CC2)O1. The van der Waals surface area contributed by atoms with E-state index in [2.05, 4.69) is 5.32 Å². The lowest BCUT2D eigenvalue weighted by molar-refractivity contribution is -0.138. The molecule has 1 aromatic carbocycles. The van der Waals surface area contributed by atoms with Gasteiger partial charge in [0.25, 0.3) is 5.91 Å². The van der Waals surface area contributed by atoms with Crippen LogP contribution in [-0.4, -0.2) is 42.1 Å². The molecule has 2 aliphatic rings. The predicted octanol–water partition coefficient (Wildman–Crippen LogP) is 2.81. The van der Waals surface area contributed by atoms with Crippen LogP contribution in [0.25, 0.3) is 0 Å². The van der Waals surface area contributed by atoms with Crippen LogP contribution in [0, 0.1) is 0 Å². The summed E-state index contributed by atoms with van der Waals surface area (Å²) in [5.74, 6) is -0.641. The van der Waals surface area contributed by atoms with Gasteiger partial charge in [-0.15, -0.1) is 0 Å². The molecule has 2 amide bonds. The normalized spacial score (nSPS) is 24.5. The van der Waals surface area contributed by atoms with Crippen molar-refractivity contribution in [1.82, 2.24) is 10.2 Å². The number of carbonyl (C=O) groups is 2. The molecular formula is C16H17F3N2O3. The Hall–Kier alpha value is -2.25. The van der Waals surface area contributed by atoms with Crippen molar-refractivity contribution < 1.29 is 27.5 Å². The number of halogens is 3. The largest absolute Gasteiger partial charge is 0.441 e. The zero-order chi connectivity index (χ0) is 17.4. The number of nitrogens with zero attached hydrogens (tertiary/aromatic N) is 1. The second-order valence-corrected chi connectivity index (χ2v) is 6.12. The number of nitrogens with one attached hydrogen (secondary N) is 1. The highest BCUT2D eigenvalue weighted by Gasteiger charge is 2.42. The maximum Gasteiger partial charge on any atom is 0.417 e. The zero-order valence-electron chi connectivity index (χ0n) is 12.9. The van der Waals surface area contributed by atoms with E-state index in [0.29, 0.717) is 32.4 Å². The number of ether oxygens (including phenoxy) is 1. The third-order valence-electron chi connectivity index (χ3n) is 4.51. The second kappa shape index (κ2) is 5.99. The Kier molecular flexibility index (Phi) is 4.15. The number of alkyl carbamates (subject to hydrolysis) is 1. The van der Waals surface area contributed by atoms with Gasteiger partial charge < -0.3 is 15.0 Å². The molecule has 0 radical (unpaired) electrons. The van der Waals surface area contributed by atoms with E-state index in [0.717, 1.165) is 6.07 Å². The van der Waals surface area contributed by atoms with E-state index in [1.54, 1.807) is 0 Å². The van der Waals surface area contributed by atoms with Gasteiger partial charge in [-0.1, -0.05) is 12.1 Å². The summed E-state index contributed by atoms with van der Waals surface area (Å²) in [5.41, 5.74) is -1.93. The molecule has 1 N–H and O–H groups in total. The fraction of sp³-hybridized carbons (Fsp3) is 0.500. The van der Waals surface area contributed by atoms with Gasteiger partial charge in [-0.05, 0) is 25.0 Å². The number of hydrogen-bond acceptors (Lipinski definition) is 3. The first kappa shape index (κ1) is 16.6. The van der Waals surface area contributed by atoms with Crippen LogP contribution in [0.15, 0.2) is 24.3 Å². The van der Waals surface area contributed by atoms with E-state index in [4.69, 9.17) is 4.74 Å². The minimum absolute atomic E-state index is 0.250.